The van der Waals surface area contributed by atoms with Crippen LogP contribution < -0.4 is 4.90 Å². The molecule has 24 heavy (non-hydrogen) atoms. The lowest BCUT2D eigenvalue weighted by Gasteiger charge is -2.40. The summed E-state index contributed by atoms with van der Waals surface area (Å²) in [5.74, 6) is -0.402. The Morgan fingerprint density at radius 2 is 2.08 bits per heavy atom. The quantitative estimate of drug-likeness (QED) is 0.777. The van der Waals surface area contributed by atoms with Crippen molar-refractivity contribution in [3.05, 3.63) is 11.1 Å². The molecule has 1 aliphatic heterocycles. The third kappa shape index (κ3) is 4.59. The molecule has 1 amide bonds. The van der Waals surface area contributed by atoms with Gasteiger partial charge < -0.3 is 19.3 Å². The number of hydrogen-bond donors (Lipinski definition) is 0. The predicted molar refractivity (Wildman–Crippen MR) is 92.7 cm³/mol. The fourth-order valence-electron chi connectivity index (χ4n) is 2.43. The molecule has 1 fully saturated rings. The molecule has 2 heterocycles. The Morgan fingerprint density at radius 1 is 1.38 bits per heavy atom. The van der Waals surface area contributed by atoms with Crippen molar-refractivity contribution in [1.29, 1.82) is 0 Å². The molecular weight excluding hydrogens is 330 g/mol. The molecule has 8 heteroatoms. The first-order chi connectivity index (χ1) is 11.2. The number of nitrogens with zero attached hydrogens (tertiary/aromatic N) is 3. The second-order valence-electron chi connectivity index (χ2n) is 6.70. The highest BCUT2D eigenvalue weighted by Crippen LogP contribution is 2.25. The lowest BCUT2D eigenvalue weighted by Crippen LogP contribution is -2.55. The van der Waals surface area contributed by atoms with Crippen LogP contribution in [0.25, 0.3) is 0 Å². The lowest BCUT2D eigenvalue weighted by molar-refractivity contribution is 0.0159. The predicted octanol–water partition coefficient (Wildman–Crippen LogP) is 2.77. The molecule has 1 aromatic rings. The average Bonchev–Trinajstić information content (AvgIpc) is 2.95. The molecule has 0 spiro atoms. The minimum absolute atomic E-state index is 0.00328. The van der Waals surface area contributed by atoms with E-state index in [1.807, 2.05) is 27.7 Å². The number of piperazine rings is 1. The van der Waals surface area contributed by atoms with Crippen molar-refractivity contribution in [3.63, 3.8) is 0 Å². The third-order valence-corrected chi connectivity index (χ3v) is 4.40. The molecule has 0 bridgehead atoms. The number of amides is 1. The number of carbonyl (C=O) groups excluding carboxylic acids is 2. The Labute approximate surface area is 146 Å². The molecule has 7 nitrogen and oxygen atoms in total. The monoisotopic (exact) mass is 355 g/mol. The van der Waals surface area contributed by atoms with Gasteiger partial charge in [0, 0.05) is 31.1 Å². The van der Waals surface area contributed by atoms with Crippen LogP contribution in [-0.4, -0.2) is 59.8 Å². The number of hydrogen-bond acceptors (Lipinski definition) is 7. The maximum Gasteiger partial charge on any atom is 0.410 e. The summed E-state index contributed by atoms with van der Waals surface area (Å²) in [7, 11) is 0. The molecule has 0 unspecified atom stereocenters. The number of aromatic nitrogens is 1. The summed E-state index contributed by atoms with van der Waals surface area (Å²) < 4.78 is 10.4. The maximum atomic E-state index is 12.2. The summed E-state index contributed by atoms with van der Waals surface area (Å²) >= 11 is 1.41. The van der Waals surface area contributed by atoms with Crippen LogP contribution in [-0.2, 0) is 9.47 Å². The van der Waals surface area contributed by atoms with E-state index in [0.717, 1.165) is 5.13 Å². The van der Waals surface area contributed by atoms with Gasteiger partial charge >= 0.3 is 12.1 Å². The minimum atomic E-state index is -0.502. The summed E-state index contributed by atoms with van der Waals surface area (Å²) in [6.07, 6.45) is -0.291. The van der Waals surface area contributed by atoms with E-state index >= 15 is 0 Å². The molecule has 0 N–H and O–H groups in total. The Hall–Kier alpha value is -1.83. The van der Waals surface area contributed by atoms with E-state index in [-0.39, 0.29) is 12.1 Å². The van der Waals surface area contributed by atoms with Crippen LogP contribution >= 0.6 is 11.3 Å². The standard InChI is InChI=1S/C16H25N3O4S/c1-6-22-13(20)12-10-24-14(17-12)18-7-8-19(11(2)9-18)15(21)23-16(3,4)5/h10-11H,6-9H2,1-5H3/t11-/m0/s1. The van der Waals surface area contributed by atoms with E-state index < -0.39 is 11.6 Å². The number of esters is 1. The highest BCUT2D eigenvalue weighted by molar-refractivity contribution is 7.13. The number of ether oxygens (including phenoxy) is 2. The molecular formula is C16H25N3O4S. The zero-order chi connectivity index (χ0) is 17.9. The topological polar surface area (TPSA) is 72.0 Å². The first-order valence-corrected chi connectivity index (χ1v) is 8.96. The van der Waals surface area contributed by atoms with Crippen LogP contribution in [0.5, 0.6) is 0 Å². The van der Waals surface area contributed by atoms with Crippen molar-refractivity contribution in [1.82, 2.24) is 9.88 Å². The van der Waals surface area contributed by atoms with Gasteiger partial charge in [0.15, 0.2) is 10.8 Å². The molecule has 1 aliphatic rings. The molecule has 1 atom stereocenters. The SMILES string of the molecule is CCOC(=O)c1csc(N2CCN(C(=O)OC(C)(C)C)[C@@H](C)C2)n1. The minimum Gasteiger partial charge on any atom is -0.461 e. The fraction of sp³-hybridized carbons (Fsp3) is 0.688. The van der Waals surface area contributed by atoms with Crippen LogP contribution in [0.1, 0.15) is 45.1 Å². The molecule has 1 aromatic heterocycles. The third-order valence-electron chi connectivity index (χ3n) is 3.50. The number of rotatable bonds is 3. The number of anilines is 1. The van der Waals surface area contributed by atoms with E-state index in [4.69, 9.17) is 9.47 Å². The lowest BCUT2D eigenvalue weighted by atomic mass is 10.2. The van der Waals surface area contributed by atoms with Crippen molar-refractivity contribution in [2.75, 3.05) is 31.1 Å². The molecule has 0 aliphatic carbocycles. The van der Waals surface area contributed by atoms with Crippen LogP contribution in [0, 0.1) is 0 Å². The van der Waals surface area contributed by atoms with Gasteiger partial charge in [-0.05, 0) is 34.6 Å². The molecule has 1 saturated heterocycles. The van der Waals surface area contributed by atoms with Gasteiger partial charge in [-0.15, -0.1) is 11.3 Å². The highest BCUT2D eigenvalue weighted by Gasteiger charge is 2.32. The first kappa shape index (κ1) is 18.5. The van der Waals surface area contributed by atoms with Crippen LogP contribution in [0.15, 0.2) is 5.38 Å². The molecule has 134 valence electrons. The van der Waals surface area contributed by atoms with E-state index in [9.17, 15) is 9.59 Å². The van der Waals surface area contributed by atoms with Crippen molar-refractivity contribution >= 4 is 28.5 Å². The van der Waals surface area contributed by atoms with Crippen LogP contribution in [0.3, 0.4) is 0 Å². The second-order valence-corrected chi connectivity index (χ2v) is 7.54. The summed E-state index contributed by atoms with van der Waals surface area (Å²) in [4.78, 5) is 32.1. The molecule has 0 aromatic carbocycles. The largest absolute Gasteiger partial charge is 0.461 e. The van der Waals surface area contributed by atoms with Crippen LogP contribution in [0.2, 0.25) is 0 Å². The number of thiazole rings is 1. The van der Waals surface area contributed by atoms with Crippen LogP contribution in [0.4, 0.5) is 9.93 Å². The second kappa shape index (κ2) is 7.38. The van der Waals surface area contributed by atoms with Crippen molar-refractivity contribution < 1.29 is 19.1 Å². The normalized spacial score (nSPS) is 18.5. The van der Waals surface area contributed by atoms with Gasteiger partial charge in [-0.2, -0.15) is 0 Å². The zero-order valence-electron chi connectivity index (χ0n) is 14.9. The van der Waals surface area contributed by atoms with E-state index in [1.54, 1.807) is 17.2 Å². The van der Waals surface area contributed by atoms with Gasteiger partial charge in [0.05, 0.1) is 6.61 Å². The Bertz CT molecular complexity index is 596. The smallest absolute Gasteiger partial charge is 0.410 e. The Morgan fingerprint density at radius 3 is 2.67 bits per heavy atom. The fourth-order valence-corrected chi connectivity index (χ4v) is 3.26. The van der Waals surface area contributed by atoms with E-state index in [1.165, 1.54) is 11.3 Å². The van der Waals surface area contributed by atoms with Gasteiger partial charge in [0.25, 0.3) is 0 Å². The van der Waals surface area contributed by atoms with Crippen molar-refractivity contribution in [2.45, 2.75) is 46.3 Å². The van der Waals surface area contributed by atoms with Gasteiger partial charge in [0.1, 0.15) is 5.60 Å². The molecule has 0 saturated carbocycles. The average molecular weight is 355 g/mol. The number of carbonyl (C=O) groups is 2. The summed E-state index contributed by atoms with van der Waals surface area (Å²) in [6, 6.07) is 0.00328. The van der Waals surface area contributed by atoms with Gasteiger partial charge in [-0.1, -0.05) is 0 Å². The molecule has 0 radical (unpaired) electrons. The Kier molecular flexibility index (Phi) is 5.69. The van der Waals surface area contributed by atoms with Crippen molar-refractivity contribution in [3.8, 4) is 0 Å². The van der Waals surface area contributed by atoms with Gasteiger partial charge in [0.2, 0.25) is 0 Å². The van der Waals surface area contributed by atoms with E-state index in [0.29, 0.717) is 31.9 Å². The van der Waals surface area contributed by atoms with Gasteiger partial charge in [-0.3, -0.25) is 0 Å². The van der Waals surface area contributed by atoms with Crippen molar-refractivity contribution in [2.24, 2.45) is 0 Å². The summed E-state index contributed by atoms with van der Waals surface area (Å²) in [6.45, 7) is 11.5. The Balaban J connectivity index is 1.98. The van der Waals surface area contributed by atoms with Gasteiger partial charge in [-0.25, -0.2) is 14.6 Å². The highest BCUT2D eigenvalue weighted by atomic mass is 32.1. The maximum absolute atomic E-state index is 12.2. The summed E-state index contributed by atoms with van der Waals surface area (Å²) in [5.41, 5.74) is -0.170. The van der Waals surface area contributed by atoms with E-state index in [2.05, 4.69) is 9.88 Å². The summed E-state index contributed by atoms with van der Waals surface area (Å²) in [5, 5.41) is 2.48. The first-order valence-electron chi connectivity index (χ1n) is 8.08. The zero-order valence-corrected chi connectivity index (χ0v) is 15.7. The molecule has 2 rings (SSSR count).